The number of para-hydroxylation sites is 1. The van der Waals surface area contributed by atoms with E-state index in [0.29, 0.717) is 42.7 Å². The van der Waals surface area contributed by atoms with Crippen LogP contribution in [0.15, 0.2) is 42.6 Å². The third-order valence-electron chi connectivity index (χ3n) is 5.99. The molecule has 0 radical (unpaired) electrons. The fourth-order valence-electron chi connectivity index (χ4n) is 4.09. The van der Waals surface area contributed by atoms with Crippen molar-refractivity contribution in [1.29, 1.82) is 0 Å². The molecule has 0 spiro atoms. The highest BCUT2D eigenvalue weighted by atomic mass is 16.5. The van der Waals surface area contributed by atoms with Crippen LogP contribution in [0.25, 0.3) is 22.2 Å². The summed E-state index contributed by atoms with van der Waals surface area (Å²) in [6, 6.07) is 11.5. The van der Waals surface area contributed by atoms with Crippen LogP contribution in [0.5, 0.6) is 0 Å². The minimum absolute atomic E-state index is 0.162. The molecule has 5 rings (SSSR count). The van der Waals surface area contributed by atoms with Crippen LogP contribution in [-0.2, 0) is 4.74 Å². The minimum Gasteiger partial charge on any atom is -0.396 e. The van der Waals surface area contributed by atoms with Crippen molar-refractivity contribution in [3.63, 3.8) is 0 Å². The van der Waals surface area contributed by atoms with Gasteiger partial charge >= 0.3 is 0 Å². The number of benzene rings is 1. The van der Waals surface area contributed by atoms with E-state index >= 15 is 0 Å². The topological polar surface area (TPSA) is 133 Å². The molecular weight excluding hydrogens is 398 g/mol. The summed E-state index contributed by atoms with van der Waals surface area (Å²) in [5.41, 5.74) is 2.25. The SMILES string of the molecule is OC[C@H]1C[C@@H](Nc2nc(NC3COC3)ncc2-c2ccc3ccccc3n2)[C@H](O)[C@@H]1O. The molecule has 5 N–H and O–H groups in total. The van der Waals surface area contributed by atoms with Gasteiger partial charge in [-0.25, -0.2) is 9.97 Å². The standard InChI is InChI=1S/C22H25N5O4/c28-9-13-7-18(20(30)19(13)29)26-21-15(8-23-22(27-21)24-14-10-31-11-14)17-6-5-12-3-1-2-4-16(12)25-17/h1-6,8,13-14,18-20,28-30H,7,9-11H2,(H2,23,24,26,27)/t13-,18-,19-,20+/m1/s1. The van der Waals surface area contributed by atoms with Crippen LogP contribution in [0.2, 0.25) is 0 Å². The van der Waals surface area contributed by atoms with Gasteiger partial charge in [-0.3, -0.25) is 0 Å². The summed E-state index contributed by atoms with van der Waals surface area (Å²) < 4.78 is 5.20. The predicted octanol–water partition coefficient (Wildman–Crippen LogP) is 1.02. The van der Waals surface area contributed by atoms with Crippen LogP contribution in [0.4, 0.5) is 11.8 Å². The average molecular weight is 423 g/mol. The fraction of sp³-hybridized carbons (Fsp3) is 0.409. The summed E-state index contributed by atoms with van der Waals surface area (Å²) in [4.78, 5) is 13.8. The van der Waals surface area contributed by atoms with Crippen LogP contribution in [0.1, 0.15) is 6.42 Å². The van der Waals surface area contributed by atoms with Crippen LogP contribution in [-0.4, -0.2) is 74.4 Å². The molecule has 1 aromatic carbocycles. The zero-order valence-electron chi connectivity index (χ0n) is 16.8. The Morgan fingerprint density at radius 2 is 1.84 bits per heavy atom. The molecule has 1 aliphatic heterocycles. The van der Waals surface area contributed by atoms with Crippen molar-refractivity contribution in [2.75, 3.05) is 30.5 Å². The second-order valence-electron chi connectivity index (χ2n) is 8.13. The minimum atomic E-state index is -1.01. The van der Waals surface area contributed by atoms with Crippen LogP contribution in [0.3, 0.4) is 0 Å². The summed E-state index contributed by atoms with van der Waals surface area (Å²) in [7, 11) is 0. The van der Waals surface area contributed by atoms with Crippen molar-refractivity contribution in [3.8, 4) is 11.3 Å². The van der Waals surface area contributed by atoms with E-state index in [1.54, 1.807) is 6.20 Å². The number of aliphatic hydroxyl groups is 3. The first-order valence-electron chi connectivity index (χ1n) is 10.4. The van der Waals surface area contributed by atoms with Gasteiger partial charge in [0.25, 0.3) is 0 Å². The molecule has 1 saturated carbocycles. The van der Waals surface area contributed by atoms with Crippen LogP contribution in [0, 0.1) is 5.92 Å². The Morgan fingerprint density at radius 1 is 1.00 bits per heavy atom. The number of anilines is 2. The summed E-state index contributed by atoms with van der Waals surface area (Å²) >= 11 is 0. The van der Waals surface area contributed by atoms with Crippen LogP contribution < -0.4 is 10.6 Å². The molecule has 0 bridgehead atoms. The first kappa shape index (κ1) is 20.1. The Hall–Kier alpha value is -2.85. The molecule has 162 valence electrons. The molecule has 3 heterocycles. The monoisotopic (exact) mass is 423 g/mol. The number of aromatic nitrogens is 3. The number of aliphatic hydroxyl groups excluding tert-OH is 3. The van der Waals surface area contributed by atoms with Crippen molar-refractivity contribution in [2.24, 2.45) is 5.92 Å². The number of ether oxygens (including phenoxy) is 1. The smallest absolute Gasteiger partial charge is 0.225 e. The highest BCUT2D eigenvalue weighted by molar-refractivity contribution is 5.83. The summed E-state index contributed by atoms with van der Waals surface area (Å²) in [6.45, 7) is 1.02. The molecular formula is C22H25N5O4. The molecule has 4 atom stereocenters. The molecule has 31 heavy (non-hydrogen) atoms. The lowest BCUT2D eigenvalue weighted by Crippen LogP contribution is -2.41. The number of nitrogens with one attached hydrogen (secondary N) is 2. The quantitative estimate of drug-likeness (QED) is 0.394. The normalized spacial score (nSPS) is 26.0. The largest absolute Gasteiger partial charge is 0.396 e. The highest BCUT2D eigenvalue weighted by Gasteiger charge is 2.41. The zero-order chi connectivity index (χ0) is 21.4. The Balaban J connectivity index is 1.50. The van der Waals surface area contributed by atoms with E-state index in [1.165, 1.54) is 0 Å². The molecule has 0 amide bonds. The van der Waals surface area contributed by atoms with Gasteiger partial charge in [0.15, 0.2) is 0 Å². The highest BCUT2D eigenvalue weighted by Crippen LogP contribution is 2.33. The first-order valence-corrected chi connectivity index (χ1v) is 10.4. The van der Waals surface area contributed by atoms with Gasteiger partial charge in [-0.1, -0.05) is 24.3 Å². The molecule has 9 heteroatoms. The Bertz CT molecular complexity index is 1080. The Kier molecular flexibility index (Phi) is 5.41. The molecule has 3 aromatic rings. The third-order valence-corrected chi connectivity index (χ3v) is 5.99. The van der Waals surface area contributed by atoms with E-state index in [-0.39, 0.29) is 18.6 Å². The molecule has 2 aliphatic rings. The number of nitrogens with zero attached hydrogens (tertiary/aromatic N) is 3. The van der Waals surface area contributed by atoms with Gasteiger partial charge in [0, 0.05) is 24.1 Å². The summed E-state index contributed by atoms with van der Waals surface area (Å²) in [5, 5.41) is 37.7. The van der Waals surface area contributed by atoms with Gasteiger partial charge in [-0.05, 0) is 18.6 Å². The van der Waals surface area contributed by atoms with Gasteiger partial charge in [0.2, 0.25) is 5.95 Å². The number of hydrogen-bond acceptors (Lipinski definition) is 9. The molecule has 1 saturated heterocycles. The number of hydrogen-bond donors (Lipinski definition) is 5. The number of fused-ring (bicyclic) bond motifs is 1. The fourth-order valence-corrected chi connectivity index (χ4v) is 4.09. The maximum absolute atomic E-state index is 10.5. The summed E-state index contributed by atoms with van der Waals surface area (Å²) in [5.74, 6) is 0.573. The average Bonchev–Trinajstić information content (AvgIpc) is 3.04. The number of pyridine rings is 1. The van der Waals surface area contributed by atoms with E-state index in [1.807, 2.05) is 36.4 Å². The van der Waals surface area contributed by atoms with Crippen molar-refractivity contribution in [1.82, 2.24) is 15.0 Å². The Labute approximate surface area is 179 Å². The van der Waals surface area contributed by atoms with Crippen LogP contribution >= 0.6 is 0 Å². The van der Waals surface area contributed by atoms with Gasteiger partial charge in [0.1, 0.15) is 11.9 Å². The molecule has 0 unspecified atom stereocenters. The second kappa shape index (κ2) is 8.35. The van der Waals surface area contributed by atoms with Crippen molar-refractivity contribution in [3.05, 3.63) is 42.6 Å². The summed E-state index contributed by atoms with van der Waals surface area (Å²) in [6.07, 6.45) is 0.125. The van der Waals surface area contributed by atoms with Gasteiger partial charge in [-0.2, -0.15) is 4.98 Å². The van der Waals surface area contributed by atoms with E-state index in [2.05, 4.69) is 20.6 Å². The van der Waals surface area contributed by atoms with Gasteiger partial charge < -0.3 is 30.7 Å². The Morgan fingerprint density at radius 3 is 2.58 bits per heavy atom. The maximum atomic E-state index is 10.5. The second-order valence-corrected chi connectivity index (χ2v) is 8.13. The van der Waals surface area contributed by atoms with Crippen molar-refractivity contribution in [2.45, 2.75) is 30.7 Å². The lowest BCUT2D eigenvalue weighted by molar-refractivity contribution is 0.00446. The zero-order valence-corrected chi connectivity index (χ0v) is 16.8. The third kappa shape index (κ3) is 3.92. The molecule has 1 aliphatic carbocycles. The van der Waals surface area contributed by atoms with E-state index in [0.717, 1.165) is 10.9 Å². The lowest BCUT2D eigenvalue weighted by atomic mass is 10.1. The lowest BCUT2D eigenvalue weighted by Gasteiger charge is -2.27. The molecule has 2 aromatic heterocycles. The van der Waals surface area contributed by atoms with E-state index in [4.69, 9.17) is 9.72 Å². The first-order chi connectivity index (χ1) is 15.1. The maximum Gasteiger partial charge on any atom is 0.225 e. The van der Waals surface area contributed by atoms with E-state index in [9.17, 15) is 15.3 Å². The van der Waals surface area contributed by atoms with Crippen molar-refractivity contribution < 1.29 is 20.1 Å². The van der Waals surface area contributed by atoms with Gasteiger partial charge in [-0.15, -0.1) is 0 Å². The molecule has 2 fully saturated rings. The van der Waals surface area contributed by atoms with E-state index < -0.39 is 18.2 Å². The van der Waals surface area contributed by atoms with Crippen molar-refractivity contribution >= 4 is 22.7 Å². The number of rotatable bonds is 6. The molecule has 9 nitrogen and oxygen atoms in total. The van der Waals surface area contributed by atoms with Gasteiger partial charge in [0.05, 0.1) is 48.2 Å². The predicted molar refractivity (Wildman–Crippen MR) is 116 cm³/mol.